The number of carbonyl (C=O) groups excluding carboxylic acids is 1. The second-order valence-corrected chi connectivity index (χ2v) is 5.96. The minimum Gasteiger partial charge on any atom is -0.459 e. The van der Waals surface area contributed by atoms with E-state index in [1.165, 1.54) is 11.3 Å². The summed E-state index contributed by atoms with van der Waals surface area (Å²) in [4.78, 5) is 15.9. The third-order valence-electron chi connectivity index (χ3n) is 2.10. The Morgan fingerprint density at radius 3 is 2.78 bits per heavy atom. The van der Waals surface area contributed by atoms with Crippen LogP contribution in [0.3, 0.4) is 0 Å². The summed E-state index contributed by atoms with van der Waals surface area (Å²) in [5, 5.41) is 3.73. The monoisotopic (exact) mass is 264 g/mol. The number of aromatic nitrogens is 1. The SMILES string of the molecule is CC(C)(C)OC(=O)CNc1nc2ccccc2s1. The highest BCUT2D eigenvalue weighted by Gasteiger charge is 2.16. The van der Waals surface area contributed by atoms with Gasteiger partial charge in [-0.3, -0.25) is 4.79 Å². The van der Waals surface area contributed by atoms with Crippen LogP contribution in [0.15, 0.2) is 24.3 Å². The first kappa shape index (κ1) is 12.8. The van der Waals surface area contributed by atoms with Crippen molar-refractivity contribution in [2.24, 2.45) is 0 Å². The van der Waals surface area contributed by atoms with Crippen LogP contribution in [0.25, 0.3) is 10.2 Å². The molecule has 1 heterocycles. The normalized spacial score (nSPS) is 11.5. The summed E-state index contributed by atoms with van der Waals surface area (Å²) in [5.74, 6) is -0.276. The number of ether oxygens (including phenoxy) is 1. The van der Waals surface area contributed by atoms with Crippen LogP contribution >= 0.6 is 11.3 Å². The molecule has 5 heteroatoms. The zero-order valence-electron chi connectivity index (χ0n) is 10.7. The summed E-state index contributed by atoms with van der Waals surface area (Å²) in [6.45, 7) is 5.69. The molecule has 4 nitrogen and oxygen atoms in total. The van der Waals surface area contributed by atoms with Crippen LogP contribution in [0.5, 0.6) is 0 Å². The number of nitrogens with one attached hydrogen (secondary N) is 1. The standard InChI is InChI=1S/C13H16N2O2S/c1-13(2,3)17-11(16)8-14-12-15-9-6-4-5-7-10(9)18-12/h4-7H,8H2,1-3H3,(H,14,15). The van der Waals surface area contributed by atoms with E-state index >= 15 is 0 Å². The molecule has 1 aromatic carbocycles. The van der Waals surface area contributed by atoms with Crippen LogP contribution in [0.4, 0.5) is 5.13 Å². The Balaban J connectivity index is 1.96. The molecule has 0 amide bonds. The molecule has 0 unspecified atom stereocenters. The molecule has 0 saturated carbocycles. The molecule has 0 aliphatic carbocycles. The lowest BCUT2D eigenvalue weighted by Gasteiger charge is -2.19. The van der Waals surface area contributed by atoms with Gasteiger partial charge >= 0.3 is 5.97 Å². The number of carbonyl (C=O) groups is 1. The van der Waals surface area contributed by atoms with Crippen molar-refractivity contribution in [1.29, 1.82) is 0 Å². The molecule has 0 aliphatic heterocycles. The van der Waals surface area contributed by atoms with Gasteiger partial charge in [0.05, 0.1) is 10.2 Å². The largest absolute Gasteiger partial charge is 0.459 e. The van der Waals surface area contributed by atoms with Gasteiger partial charge < -0.3 is 10.1 Å². The van der Waals surface area contributed by atoms with Crippen LogP contribution in [0.2, 0.25) is 0 Å². The van der Waals surface area contributed by atoms with Crippen molar-refractivity contribution in [3.63, 3.8) is 0 Å². The third-order valence-corrected chi connectivity index (χ3v) is 3.09. The highest BCUT2D eigenvalue weighted by Crippen LogP contribution is 2.25. The molecule has 0 radical (unpaired) electrons. The lowest BCUT2D eigenvalue weighted by Crippen LogP contribution is -2.28. The van der Waals surface area contributed by atoms with Gasteiger partial charge in [-0.15, -0.1) is 0 Å². The first-order valence-corrected chi connectivity index (χ1v) is 6.57. The number of thiazole rings is 1. The summed E-state index contributed by atoms with van der Waals surface area (Å²) in [5.41, 5.74) is 0.487. The van der Waals surface area contributed by atoms with E-state index in [-0.39, 0.29) is 12.5 Å². The fourth-order valence-corrected chi connectivity index (χ4v) is 2.33. The molecule has 0 atom stereocenters. The van der Waals surface area contributed by atoms with Crippen LogP contribution in [0.1, 0.15) is 20.8 Å². The predicted molar refractivity (Wildman–Crippen MR) is 74.0 cm³/mol. The van der Waals surface area contributed by atoms with Crippen molar-refractivity contribution in [3.8, 4) is 0 Å². The Morgan fingerprint density at radius 1 is 1.39 bits per heavy atom. The maximum Gasteiger partial charge on any atom is 0.325 e. The van der Waals surface area contributed by atoms with Crippen molar-refractivity contribution in [1.82, 2.24) is 4.98 Å². The molecular weight excluding hydrogens is 248 g/mol. The highest BCUT2D eigenvalue weighted by molar-refractivity contribution is 7.22. The van der Waals surface area contributed by atoms with Crippen molar-refractivity contribution in [2.45, 2.75) is 26.4 Å². The molecule has 2 rings (SSSR count). The van der Waals surface area contributed by atoms with Crippen molar-refractivity contribution < 1.29 is 9.53 Å². The Kier molecular flexibility index (Phi) is 3.52. The number of anilines is 1. The minimum absolute atomic E-state index is 0.136. The molecule has 0 aliphatic rings. The molecule has 96 valence electrons. The van der Waals surface area contributed by atoms with E-state index in [9.17, 15) is 4.79 Å². The van der Waals surface area contributed by atoms with Gasteiger partial charge in [0.1, 0.15) is 12.1 Å². The zero-order valence-corrected chi connectivity index (χ0v) is 11.5. The number of hydrogen-bond acceptors (Lipinski definition) is 5. The van der Waals surface area contributed by atoms with Gasteiger partial charge in [0.25, 0.3) is 0 Å². The summed E-state index contributed by atoms with van der Waals surface area (Å²) in [6.07, 6.45) is 0. The van der Waals surface area contributed by atoms with Crippen molar-refractivity contribution >= 4 is 32.7 Å². The van der Waals surface area contributed by atoms with E-state index in [0.29, 0.717) is 0 Å². The van der Waals surface area contributed by atoms with E-state index in [1.54, 1.807) is 0 Å². The Bertz CT molecular complexity index is 524. The lowest BCUT2D eigenvalue weighted by atomic mass is 10.2. The van der Waals surface area contributed by atoms with Gasteiger partial charge in [-0.2, -0.15) is 0 Å². The topological polar surface area (TPSA) is 51.2 Å². The number of benzene rings is 1. The maximum atomic E-state index is 11.5. The number of hydrogen-bond donors (Lipinski definition) is 1. The molecule has 18 heavy (non-hydrogen) atoms. The Hall–Kier alpha value is -1.62. The molecule has 1 N–H and O–H groups in total. The van der Waals surface area contributed by atoms with E-state index in [0.717, 1.165) is 15.3 Å². The minimum atomic E-state index is -0.452. The Morgan fingerprint density at radius 2 is 2.11 bits per heavy atom. The predicted octanol–water partition coefficient (Wildman–Crippen LogP) is 3.05. The molecule has 0 spiro atoms. The summed E-state index contributed by atoms with van der Waals surface area (Å²) in [6, 6.07) is 7.87. The fraction of sp³-hybridized carbons (Fsp3) is 0.385. The molecule has 0 bridgehead atoms. The maximum absolute atomic E-state index is 11.5. The highest BCUT2D eigenvalue weighted by atomic mass is 32.1. The summed E-state index contributed by atoms with van der Waals surface area (Å²) < 4.78 is 6.31. The van der Waals surface area contributed by atoms with E-state index in [2.05, 4.69) is 10.3 Å². The molecule has 0 fully saturated rings. The summed E-state index contributed by atoms with van der Waals surface area (Å²) >= 11 is 1.53. The summed E-state index contributed by atoms with van der Waals surface area (Å²) in [7, 11) is 0. The average Bonchev–Trinajstić information content (AvgIpc) is 2.66. The number of fused-ring (bicyclic) bond motifs is 1. The smallest absolute Gasteiger partial charge is 0.325 e. The zero-order chi connectivity index (χ0) is 13.2. The lowest BCUT2D eigenvalue weighted by molar-refractivity contribution is -0.152. The molecule has 1 aromatic heterocycles. The van der Waals surface area contributed by atoms with Gasteiger partial charge in [0, 0.05) is 0 Å². The van der Waals surface area contributed by atoms with Crippen LogP contribution in [-0.2, 0) is 9.53 Å². The van der Waals surface area contributed by atoms with E-state index < -0.39 is 5.60 Å². The fourth-order valence-electron chi connectivity index (χ4n) is 1.47. The molecular formula is C13H16N2O2S. The third kappa shape index (κ3) is 3.43. The average molecular weight is 264 g/mol. The van der Waals surface area contributed by atoms with Gasteiger partial charge in [0.15, 0.2) is 5.13 Å². The van der Waals surface area contributed by atoms with Crippen LogP contribution < -0.4 is 5.32 Å². The number of esters is 1. The van der Waals surface area contributed by atoms with Gasteiger partial charge in [0.2, 0.25) is 0 Å². The van der Waals surface area contributed by atoms with Gasteiger partial charge in [-0.1, -0.05) is 23.5 Å². The molecule has 2 aromatic rings. The molecule has 0 saturated heterocycles. The second kappa shape index (κ2) is 4.94. The second-order valence-electron chi connectivity index (χ2n) is 4.93. The van der Waals surface area contributed by atoms with Crippen LogP contribution in [-0.4, -0.2) is 23.1 Å². The first-order valence-electron chi connectivity index (χ1n) is 5.75. The van der Waals surface area contributed by atoms with E-state index in [1.807, 2.05) is 45.0 Å². The van der Waals surface area contributed by atoms with Crippen LogP contribution in [0, 0.1) is 0 Å². The van der Waals surface area contributed by atoms with Gasteiger partial charge in [-0.05, 0) is 32.9 Å². The van der Waals surface area contributed by atoms with Crippen molar-refractivity contribution in [2.75, 3.05) is 11.9 Å². The quantitative estimate of drug-likeness (QED) is 0.866. The number of nitrogens with zero attached hydrogens (tertiary/aromatic N) is 1. The van der Waals surface area contributed by atoms with Crippen molar-refractivity contribution in [3.05, 3.63) is 24.3 Å². The van der Waals surface area contributed by atoms with Gasteiger partial charge in [-0.25, -0.2) is 4.98 Å². The Labute approximate surface area is 110 Å². The number of para-hydroxylation sites is 1. The first-order chi connectivity index (χ1) is 8.44. The van der Waals surface area contributed by atoms with E-state index in [4.69, 9.17) is 4.74 Å². The number of rotatable bonds is 3.